The van der Waals surface area contributed by atoms with Crippen molar-refractivity contribution < 1.29 is 26.7 Å². The zero-order valence-corrected chi connectivity index (χ0v) is 18.9. The summed E-state index contributed by atoms with van der Waals surface area (Å²) in [5.74, 6) is -2.34. The summed E-state index contributed by atoms with van der Waals surface area (Å²) < 4.78 is 69.2. The maximum absolute atomic E-state index is 15.2. The second-order valence-corrected chi connectivity index (χ2v) is 8.31. The zero-order chi connectivity index (χ0) is 25.3. The van der Waals surface area contributed by atoms with Crippen LogP contribution in [0.1, 0.15) is 28.7 Å². The topological polar surface area (TPSA) is 70.2 Å². The molecule has 1 aromatic heterocycles. The third kappa shape index (κ3) is 5.40. The molecule has 1 aliphatic rings. The van der Waals surface area contributed by atoms with Gasteiger partial charge in [-0.1, -0.05) is 0 Å². The van der Waals surface area contributed by atoms with E-state index >= 15 is 4.39 Å². The highest BCUT2D eigenvalue weighted by atomic mass is 19.4. The fraction of sp³-hybridized carbons (Fsp3) is 0.292. The molecule has 0 saturated carbocycles. The summed E-state index contributed by atoms with van der Waals surface area (Å²) in [7, 11) is 0. The van der Waals surface area contributed by atoms with Crippen LogP contribution in [0.4, 0.5) is 33.3 Å². The minimum atomic E-state index is -4.95. The van der Waals surface area contributed by atoms with E-state index in [4.69, 9.17) is 0 Å². The van der Waals surface area contributed by atoms with Gasteiger partial charge >= 0.3 is 6.18 Å². The molecule has 35 heavy (non-hydrogen) atoms. The van der Waals surface area contributed by atoms with Crippen molar-refractivity contribution in [3.8, 4) is 11.1 Å². The molecular formula is C24H22F5N5O. The van der Waals surface area contributed by atoms with Gasteiger partial charge in [-0.2, -0.15) is 13.2 Å². The summed E-state index contributed by atoms with van der Waals surface area (Å²) in [6, 6.07) is 4.47. The molecule has 0 aliphatic carbocycles. The van der Waals surface area contributed by atoms with E-state index in [0.717, 1.165) is 12.1 Å². The molecule has 0 radical (unpaired) electrons. The maximum Gasteiger partial charge on any atom is 0.417 e. The molecule has 1 saturated heterocycles. The Labute approximate surface area is 198 Å². The van der Waals surface area contributed by atoms with Crippen LogP contribution < -0.4 is 15.5 Å². The molecule has 1 fully saturated rings. The van der Waals surface area contributed by atoms with Gasteiger partial charge in [-0.25, -0.2) is 18.7 Å². The second-order valence-electron chi connectivity index (χ2n) is 8.31. The number of nitrogens with one attached hydrogen (secondary N) is 2. The number of aromatic nitrogens is 2. The van der Waals surface area contributed by atoms with Crippen molar-refractivity contribution >= 4 is 17.3 Å². The van der Waals surface area contributed by atoms with Gasteiger partial charge in [0.15, 0.2) is 0 Å². The van der Waals surface area contributed by atoms with Gasteiger partial charge < -0.3 is 15.5 Å². The van der Waals surface area contributed by atoms with Gasteiger partial charge in [0.1, 0.15) is 17.5 Å². The Morgan fingerprint density at radius 2 is 1.86 bits per heavy atom. The van der Waals surface area contributed by atoms with Crippen LogP contribution in [0.3, 0.4) is 0 Å². The first-order valence-corrected chi connectivity index (χ1v) is 10.8. The summed E-state index contributed by atoms with van der Waals surface area (Å²) in [4.78, 5) is 22.9. The third-order valence-electron chi connectivity index (χ3n) is 5.67. The molecule has 1 atom stereocenters. The number of piperazine rings is 1. The van der Waals surface area contributed by atoms with E-state index in [1.54, 1.807) is 6.92 Å². The van der Waals surface area contributed by atoms with E-state index in [-0.39, 0.29) is 23.4 Å². The Morgan fingerprint density at radius 1 is 1.14 bits per heavy atom. The first-order chi connectivity index (χ1) is 16.5. The fourth-order valence-corrected chi connectivity index (χ4v) is 3.97. The first-order valence-electron chi connectivity index (χ1n) is 10.8. The summed E-state index contributed by atoms with van der Waals surface area (Å²) >= 11 is 0. The normalized spacial score (nSPS) is 16.3. The Bertz CT molecular complexity index is 1250. The molecule has 1 aliphatic heterocycles. The van der Waals surface area contributed by atoms with Crippen LogP contribution in [0, 0.1) is 18.6 Å². The number of amides is 1. The minimum Gasteiger partial charge on any atom is -0.367 e. The van der Waals surface area contributed by atoms with Gasteiger partial charge in [0.05, 0.1) is 22.5 Å². The van der Waals surface area contributed by atoms with Crippen LogP contribution in [0.2, 0.25) is 0 Å². The standard InChI is InChI=1S/C24H22F5N5O/c1-13-12-34(6-5-30-13)22-9-20(26)18(15-10-31-14(2)32-11-15)8-21(22)33-23(35)17-4-3-16(25)7-19(17)24(27,28)29/h3-4,7-11,13,30H,5-6,12H2,1-2H3,(H,33,35)/t13-/m0/s1. The number of benzene rings is 2. The number of carbonyl (C=O) groups excluding carboxylic acids is 1. The molecule has 1 amide bonds. The van der Waals surface area contributed by atoms with Gasteiger partial charge in [-0.15, -0.1) is 0 Å². The van der Waals surface area contributed by atoms with Crippen LogP contribution in [0.25, 0.3) is 11.1 Å². The lowest BCUT2D eigenvalue weighted by molar-refractivity contribution is -0.138. The number of halogens is 5. The average Bonchev–Trinajstić information content (AvgIpc) is 2.80. The number of rotatable bonds is 4. The average molecular weight is 491 g/mol. The minimum absolute atomic E-state index is 0.0643. The number of nitrogens with zero attached hydrogens (tertiary/aromatic N) is 3. The van der Waals surface area contributed by atoms with Crippen molar-refractivity contribution in [2.24, 2.45) is 0 Å². The molecule has 184 valence electrons. The van der Waals surface area contributed by atoms with E-state index in [9.17, 15) is 22.4 Å². The lowest BCUT2D eigenvalue weighted by atomic mass is 10.0. The predicted octanol–water partition coefficient (Wildman–Crippen LogP) is 4.80. The quantitative estimate of drug-likeness (QED) is 0.514. The van der Waals surface area contributed by atoms with E-state index in [1.165, 1.54) is 24.5 Å². The monoisotopic (exact) mass is 491 g/mol. The Kier molecular flexibility index (Phi) is 6.70. The van der Waals surface area contributed by atoms with Crippen molar-refractivity contribution in [3.63, 3.8) is 0 Å². The van der Waals surface area contributed by atoms with E-state index in [0.29, 0.717) is 36.7 Å². The predicted molar refractivity (Wildman–Crippen MR) is 121 cm³/mol. The lowest BCUT2D eigenvalue weighted by Gasteiger charge is -2.35. The van der Waals surface area contributed by atoms with Crippen molar-refractivity contribution in [3.05, 3.63) is 71.3 Å². The number of hydrogen-bond acceptors (Lipinski definition) is 5. The van der Waals surface area contributed by atoms with Crippen LogP contribution >= 0.6 is 0 Å². The number of alkyl halides is 3. The zero-order valence-electron chi connectivity index (χ0n) is 18.9. The molecule has 3 aromatic rings. The van der Waals surface area contributed by atoms with Crippen molar-refractivity contribution in [2.75, 3.05) is 29.9 Å². The largest absolute Gasteiger partial charge is 0.417 e. The maximum atomic E-state index is 15.2. The smallest absolute Gasteiger partial charge is 0.367 e. The van der Waals surface area contributed by atoms with Crippen LogP contribution in [-0.4, -0.2) is 41.6 Å². The summed E-state index contributed by atoms with van der Waals surface area (Å²) in [6.07, 6.45) is -2.11. The number of anilines is 2. The van der Waals surface area contributed by atoms with Crippen molar-refractivity contribution in [2.45, 2.75) is 26.1 Å². The van der Waals surface area contributed by atoms with Gasteiger partial charge in [-0.05, 0) is 44.2 Å². The van der Waals surface area contributed by atoms with Crippen LogP contribution in [-0.2, 0) is 6.18 Å². The van der Waals surface area contributed by atoms with Crippen molar-refractivity contribution in [1.82, 2.24) is 15.3 Å². The van der Waals surface area contributed by atoms with E-state index in [2.05, 4.69) is 20.6 Å². The first kappa shape index (κ1) is 24.5. The molecule has 0 spiro atoms. The Hall–Kier alpha value is -3.60. The van der Waals surface area contributed by atoms with Crippen LogP contribution in [0.15, 0.2) is 42.7 Å². The molecule has 2 N–H and O–H groups in total. The molecule has 0 bridgehead atoms. The highest BCUT2D eigenvalue weighted by Gasteiger charge is 2.36. The summed E-state index contributed by atoms with van der Waals surface area (Å²) in [6.45, 7) is 5.18. The number of hydrogen-bond donors (Lipinski definition) is 2. The van der Waals surface area contributed by atoms with Crippen molar-refractivity contribution in [1.29, 1.82) is 0 Å². The highest BCUT2D eigenvalue weighted by Crippen LogP contribution is 2.36. The second kappa shape index (κ2) is 9.57. The third-order valence-corrected chi connectivity index (χ3v) is 5.67. The van der Waals surface area contributed by atoms with E-state index in [1.807, 2.05) is 11.8 Å². The van der Waals surface area contributed by atoms with Gasteiger partial charge in [0, 0.05) is 49.2 Å². The Balaban J connectivity index is 1.79. The molecule has 2 aromatic carbocycles. The Morgan fingerprint density at radius 3 is 2.51 bits per heavy atom. The summed E-state index contributed by atoms with van der Waals surface area (Å²) in [5.41, 5.74) is -1.32. The molecule has 0 unspecified atom stereocenters. The van der Waals surface area contributed by atoms with Crippen LogP contribution in [0.5, 0.6) is 0 Å². The number of carbonyl (C=O) groups is 1. The van der Waals surface area contributed by atoms with E-state index < -0.39 is 34.8 Å². The van der Waals surface area contributed by atoms with Gasteiger partial charge in [0.25, 0.3) is 5.91 Å². The van der Waals surface area contributed by atoms with Gasteiger partial charge in [-0.3, -0.25) is 4.79 Å². The molecule has 6 nitrogen and oxygen atoms in total. The molecule has 11 heteroatoms. The summed E-state index contributed by atoms with van der Waals surface area (Å²) in [5, 5.41) is 5.74. The molecular weight excluding hydrogens is 469 g/mol. The number of aryl methyl sites for hydroxylation is 1. The fourth-order valence-electron chi connectivity index (χ4n) is 3.97. The lowest BCUT2D eigenvalue weighted by Crippen LogP contribution is -2.49. The van der Waals surface area contributed by atoms with Gasteiger partial charge in [0.2, 0.25) is 0 Å². The highest BCUT2D eigenvalue weighted by molar-refractivity contribution is 6.07. The molecule has 4 rings (SSSR count). The molecule has 2 heterocycles. The SMILES string of the molecule is Cc1ncc(-c2cc(NC(=O)c3ccc(F)cc3C(F)(F)F)c(N3CCN[C@@H](C)C3)cc2F)cn1.